The first-order valence-electron chi connectivity index (χ1n) is 7.00. The molecule has 2 aromatic rings. The first kappa shape index (κ1) is 13.9. The number of aromatic nitrogens is 4. The lowest BCUT2D eigenvalue weighted by atomic mass is 10.0. The Morgan fingerprint density at radius 3 is 3.00 bits per heavy atom. The summed E-state index contributed by atoms with van der Waals surface area (Å²) >= 11 is 0. The van der Waals surface area contributed by atoms with Gasteiger partial charge < -0.3 is 10.5 Å². The SMILES string of the molecule is Cc1cc(N)cc(-c2nnnn2CC2CCOC2C)c1F. The van der Waals surface area contributed by atoms with Gasteiger partial charge in [-0.3, -0.25) is 0 Å². The topological polar surface area (TPSA) is 78.9 Å². The summed E-state index contributed by atoms with van der Waals surface area (Å²) in [7, 11) is 0. The second-order valence-corrected chi connectivity index (χ2v) is 5.51. The van der Waals surface area contributed by atoms with E-state index in [1.54, 1.807) is 23.7 Å². The van der Waals surface area contributed by atoms with Crippen LogP contribution in [0.1, 0.15) is 18.9 Å². The molecule has 7 heteroatoms. The van der Waals surface area contributed by atoms with Crippen LogP contribution in [0.15, 0.2) is 12.1 Å². The molecule has 21 heavy (non-hydrogen) atoms. The van der Waals surface area contributed by atoms with Gasteiger partial charge in [0.25, 0.3) is 0 Å². The van der Waals surface area contributed by atoms with E-state index in [4.69, 9.17) is 10.5 Å². The number of hydrogen-bond donors (Lipinski definition) is 1. The number of rotatable bonds is 3. The van der Waals surface area contributed by atoms with Crippen LogP contribution in [0.3, 0.4) is 0 Å². The predicted molar refractivity (Wildman–Crippen MR) is 75.9 cm³/mol. The summed E-state index contributed by atoms with van der Waals surface area (Å²) in [5.41, 5.74) is 7.12. The van der Waals surface area contributed by atoms with Crippen LogP contribution in [-0.2, 0) is 11.3 Å². The molecule has 0 spiro atoms. The van der Waals surface area contributed by atoms with Gasteiger partial charge >= 0.3 is 0 Å². The van der Waals surface area contributed by atoms with Crippen molar-refractivity contribution in [2.75, 3.05) is 12.3 Å². The monoisotopic (exact) mass is 291 g/mol. The Morgan fingerprint density at radius 1 is 1.48 bits per heavy atom. The Labute approximate surface area is 122 Å². The van der Waals surface area contributed by atoms with Crippen LogP contribution in [0.5, 0.6) is 0 Å². The number of nitrogens with zero attached hydrogens (tertiary/aromatic N) is 4. The third kappa shape index (κ3) is 2.61. The first-order valence-corrected chi connectivity index (χ1v) is 7.00. The normalized spacial score (nSPS) is 21.9. The largest absolute Gasteiger partial charge is 0.399 e. The number of halogens is 1. The second-order valence-electron chi connectivity index (χ2n) is 5.51. The summed E-state index contributed by atoms with van der Waals surface area (Å²) in [4.78, 5) is 0. The molecule has 2 N–H and O–H groups in total. The van der Waals surface area contributed by atoms with Crippen LogP contribution < -0.4 is 5.73 Å². The third-order valence-corrected chi connectivity index (χ3v) is 3.99. The van der Waals surface area contributed by atoms with E-state index in [0.717, 1.165) is 13.0 Å². The zero-order chi connectivity index (χ0) is 15.0. The number of nitrogens with two attached hydrogens (primary N) is 1. The summed E-state index contributed by atoms with van der Waals surface area (Å²) in [6.45, 7) is 5.06. The molecule has 112 valence electrons. The number of anilines is 1. The summed E-state index contributed by atoms with van der Waals surface area (Å²) in [6.07, 6.45) is 1.12. The zero-order valence-electron chi connectivity index (χ0n) is 12.1. The van der Waals surface area contributed by atoms with Crippen LogP contribution >= 0.6 is 0 Å². The van der Waals surface area contributed by atoms with Crippen molar-refractivity contribution < 1.29 is 9.13 Å². The van der Waals surface area contributed by atoms with E-state index < -0.39 is 0 Å². The molecule has 1 aromatic carbocycles. The van der Waals surface area contributed by atoms with Crippen LogP contribution in [0.4, 0.5) is 10.1 Å². The summed E-state index contributed by atoms with van der Waals surface area (Å²) in [5, 5.41) is 11.6. The van der Waals surface area contributed by atoms with Crippen molar-refractivity contribution >= 4 is 5.69 Å². The quantitative estimate of drug-likeness (QED) is 0.872. The van der Waals surface area contributed by atoms with E-state index in [-0.39, 0.29) is 11.9 Å². The van der Waals surface area contributed by atoms with E-state index in [2.05, 4.69) is 15.5 Å². The van der Waals surface area contributed by atoms with Gasteiger partial charge in [0.1, 0.15) is 5.82 Å². The molecule has 0 aliphatic carbocycles. The molecule has 0 saturated carbocycles. The van der Waals surface area contributed by atoms with Crippen LogP contribution in [0.2, 0.25) is 0 Å². The lowest BCUT2D eigenvalue weighted by Gasteiger charge is -2.15. The molecule has 1 aliphatic heterocycles. The second kappa shape index (κ2) is 5.40. The minimum Gasteiger partial charge on any atom is -0.399 e. The van der Waals surface area contributed by atoms with Crippen molar-refractivity contribution in [1.82, 2.24) is 20.2 Å². The number of ether oxygens (including phenoxy) is 1. The van der Waals surface area contributed by atoms with Gasteiger partial charge in [-0.15, -0.1) is 5.10 Å². The average molecular weight is 291 g/mol. The maximum absolute atomic E-state index is 14.3. The highest BCUT2D eigenvalue weighted by Crippen LogP contribution is 2.28. The number of hydrogen-bond acceptors (Lipinski definition) is 5. The Kier molecular flexibility index (Phi) is 3.59. The van der Waals surface area contributed by atoms with E-state index in [9.17, 15) is 4.39 Å². The van der Waals surface area contributed by atoms with Crippen molar-refractivity contribution in [1.29, 1.82) is 0 Å². The third-order valence-electron chi connectivity index (χ3n) is 3.99. The number of benzene rings is 1. The highest BCUT2D eigenvalue weighted by atomic mass is 19.1. The van der Waals surface area contributed by atoms with Gasteiger partial charge in [-0.25, -0.2) is 9.07 Å². The molecule has 2 heterocycles. The Balaban J connectivity index is 1.95. The molecule has 0 bridgehead atoms. The minimum atomic E-state index is -0.337. The smallest absolute Gasteiger partial charge is 0.185 e. The molecule has 1 aromatic heterocycles. The molecule has 0 amide bonds. The van der Waals surface area contributed by atoms with Crippen molar-refractivity contribution in [3.8, 4) is 11.4 Å². The van der Waals surface area contributed by atoms with Gasteiger partial charge in [-0.2, -0.15) is 0 Å². The van der Waals surface area contributed by atoms with Crippen molar-refractivity contribution in [2.45, 2.75) is 32.9 Å². The van der Waals surface area contributed by atoms with Crippen molar-refractivity contribution in [2.24, 2.45) is 5.92 Å². The van der Waals surface area contributed by atoms with Gasteiger partial charge in [0, 0.05) is 18.2 Å². The minimum absolute atomic E-state index is 0.162. The van der Waals surface area contributed by atoms with Gasteiger partial charge in [0.2, 0.25) is 0 Å². The van der Waals surface area contributed by atoms with E-state index in [1.165, 1.54) is 0 Å². The highest BCUT2D eigenvalue weighted by Gasteiger charge is 2.26. The fourth-order valence-electron chi connectivity index (χ4n) is 2.72. The standard InChI is InChI=1S/C14H18FN5O/c1-8-5-11(16)6-12(13(8)15)14-17-18-19-20(14)7-10-3-4-21-9(10)2/h5-6,9-10H,3-4,7,16H2,1-2H3. The molecule has 2 atom stereocenters. The number of nitrogen functional groups attached to an aromatic ring is 1. The Hall–Kier alpha value is -2.02. The molecule has 1 fully saturated rings. The molecule has 1 saturated heterocycles. The van der Waals surface area contributed by atoms with E-state index in [0.29, 0.717) is 35.1 Å². The Bertz CT molecular complexity index is 657. The molecule has 6 nitrogen and oxygen atoms in total. The maximum atomic E-state index is 14.3. The summed E-state index contributed by atoms with van der Waals surface area (Å²) in [6, 6.07) is 3.17. The molecule has 2 unspecified atom stereocenters. The maximum Gasteiger partial charge on any atom is 0.185 e. The Morgan fingerprint density at radius 2 is 2.29 bits per heavy atom. The van der Waals surface area contributed by atoms with Gasteiger partial charge in [-0.1, -0.05) is 0 Å². The zero-order valence-corrected chi connectivity index (χ0v) is 12.1. The molecule has 3 rings (SSSR count). The van der Waals surface area contributed by atoms with Crippen LogP contribution in [0.25, 0.3) is 11.4 Å². The molecular formula is C14H18FN5O. The fourth-order valence-corrected chi connectivity index (χ4v) is 2.72. The van der Waals surface area contributed by atoms with Crippen molar-refractivity contribution in [3.05, 3.63) is 23.5 Å². The molecule has 1 aliphatic rings. The van der Waals surface area contributed by atoms with Crippen LogP contribution in [0, 0.1) is 18.7 Å². The van der Waals surface area contributed by atoms with E-state index >= 15 is 0 Å². The van der Waals surface area contributed by atoms with E-state index in [1.807, 2.05) is 6.92 Å². The van der Waals surface area contributed by atoms with Gasteiger partial charge in [0.05, 0.1) is 18.2 Å². The highest BCUT2D eigenvalue weighted by molar-refractivity contribution is 5.63. The predicted octanol–water partition coefficient (Wildman–Crippen LogP) is 1.79. The van der Waals surface area contributed by atoms with Gasteiger partial charge in [-0.05, 0) is 48.4 Å². The number of tetrazole rings is 1. The summed E-state index contributed by atoms with van der Waals surface area (Å²) in [5.74, 6) is 0.399. The lowest BCUT2D eigenvalue weighted by Crippen LogP contribution is -2.19. The fraction of sp³-hybridized carbons (Fsp3) is 0.500. The lowest BCUT2D eigenvalue weighted by molar-refractivity contribution is 0.101. The molecule has 0 radical (unpaired) electrons. The summed E-state index contributed by atoms with van der Waals surface area (Å²) < 4.78 is 21.5. The van der Waals surface area contributed by atoms with Crippen molar-refractivity contribution in [3.63, 3.8) is 0 Å². The number of aryl methyl sites for hydroxylation is 1. The van der Waals surface area contributed by atoms with Crippen LogP contribution in [-0.4, -0.2) is 32.9 Å². The molecular weight excluding hydrogens is 273 g/mol. The first-order chi connectivity index (χ1) is 10.1. The van der Waals surface area contributed by atoms with Gasteiger partial charge in [0.15, 0.2) is 5.82 Å². The average Bonchev–Trinajstić information content (AvgIpc) is 3.05.